The fraction of sp³-hybridized carbons (Fsp3) is 0.364. The molecule has 0 radical (unpaired) electrons. The van der Waals surface area contributed by atoms with Crippen molar-refractivity contribution in [3.63, 3.8) is 0 Å². The average Bonchev–Trinajstić information content (AvgIpc) is 3.27. The highest BCUT2D eigenvalue weighted by atomic mass is 32.2. The van der Waals surface area contributed by atoms with Gasteiger partial charge in [-0.15, -0.1) is 0 Å². The van der Waals surface area contributed by atoms with Crippen LogP contribution in [0.2, 0.25) is 0 Å². The molecule has 2 N–H and O–H groups in total. The molecule has 0 unspecified atom stereocenters. The Hall–Kier alpha value is -2.71. The molecule has 1 aliphatic rings. The summed E-state index contributed by atoms with van der Waals surface area (Å²) in [5.41, 5.74) is 2.50. The van der Waals surface area contributed by atoms with Crippen molar-refractivity contribution in [2.45, 2.75) is 38.1 Å². The van der Waals surface area contributed by atoms with Crippen molar-refractivity contribution in [3.8, 4) is 0 Å². The Balaban J connectivity index is 1.66. The van der Waals surface area contributed by atoms with E-state index < -0.39 is 10.0 Å². The highest BCUT2D eigenvalue weighted by molar-refractivity contribution is 7.89. The summed E-state index contributed by atoms with van der Waals surface area (Å²) in [7, 11) is -3.64. The lowest BCUT2D eigenvalue weighted by Gasteiger charge is -2.15. The second-order valence-electron chi connectivity index (χ2n) is 7.36. The van der Waals surface area contributed by atoms with E-state index in [1.54, 1.807) is 32.0 Å². The molecule has 1 saturated heterocycles. The number of nitrogens with zero attached hydrogens (tertiary/aromatic N) is 1. The predicted octanol–water partition coefficient (Wildman–Crippen LogP) is 2.46. The van der Waals surface area contributed by atoms with E-state index in [0.717, 1.165) is 31.5 Å². The predicted molar refractivity (Wildman–Crippen MR) is 115 cm³/mol. The summed E-state index contributed by atoms with van der Waals surface area (Å²) < 4.78 is 26.8. The van der Waals surface area contributed by atoms with Gasteiger partial charge in [0, 0.05) is 37.3 Å². The molecule has 7 nitrogen and oxygen atoms in total. The quantitative estimate of drug-likeness (QED) is 0.707. The van der Waals surface area contributed by atoms with Crippen LogP contribution in [0, 0.1) is 6.92 Å². The lowest BCUT2D eigenvalue weighted by Crippen LogP contribution is -2.27. The van der Waals surface area contributed by atoms with E-state index in [4.69, 9.17) is 0 Å². The first-order valence-electron chi connectivity index (χ1n) is 10.1. The van der Waals surface area contributed by atoms with Gasteiger partial charge in [-0.25, -0.2) is 13.1 Å². The summed E-state index contributed by atoms with van der Waals surface area (Å²) >= 11 is 0. The van der Waals surface area contributed by atoms with Gasteiger partial charge in [0.05, 0.1) is 4.90 Å². The molecule has 2 aromatic carbocycles. The van der Waals surface area contributed by atoms with Crippen molar-refractivity contribution in [3.05, 3.63) is 64.7 Å². The topological polar surface area (TPSA) is 95.6 Å². The Labute approximate surface area is 177 Å². The molecule has 1 fully saturated rings. The number of hydrogen-bond donors (Lipinski definition) is 2. The number of hydrogen-bond acceptors (Lipinski definition) is 4. The van der Waals surface area contributed by atoms with E-state index in [2.05, 4.69) is 10.0 Å². The third-order valence-corrected chi connectivity index (χ3v) is 6.69. The van der Waals surface area contributed by atoms with Crippen molar-refractivity contribution in [2.75, 3.05) is 19.6 Å². The summed E-state index contributed by atoms with van der Waals surface area (Å²) in [6.45, 7) is 5.62. The van der Waals surface area contributed by atoms with E-state index in [1.807, 2.05) is 17.0 Å². The molecule has 2 amide bonds. The second kappa shape index (κ2) is 9.40. The number of carbonyl (C=O) groups excluding carboxylic acids is 2. The van der Waals surface area contributed by atoms with Crippen LogP contribution in [0.25, 0.3) is 0 Å². The van der Waals surface area contributed by atoms with Crippen molar-refractivity contribution in [2.24, 2.45) is 0 Å². The minimum Gasteiger partial charge on any atom is -0.348 e. The maximum Gasteiger partial charge on any atom is 0.253 e. The third kappa shape index (κ3) is 5.06. The number of likely N-dealkylation sites (tertiary alicyclic amines) is 1. The van der Waals surface area contributed by atoms with Crippen LogP contribution in [0.3, 0.4) is 0 Å². The molecule has 1 aliphatic heterocycles. The third-order valence-electron chi connectivity index (χ3n) is 5.15. The van der Waals surface area contributed by atoms with Crippen LogP contribution in [-0.2, 0) is 16.6 Å². The molecule has 3 rings (SSSR count). The number of sulfonamides is 1. The molecule has 0 spiro atoms. The van der Waals surface area contributed by atoms with Gasteiger partial charge >= 0.3 is 0 Å². The van der Waals surface area contributed by atoms with Crippen molar-refractivity contribution < 1.29 is 18.0 Å². The normalized spacial score (nSPS) is 14.0. The monoisotopic (exact) mass is 429 g/mol. The van der Waals surface area contributed by atoms with Gasteiger partial charge in [-0.05, 0) is 55.2 Å². The maximum absolute atomic E-state index is 12.6. The largest absolute Gasteiger partial charge is 0.348 e. The lowest BCUT2D eigenvalue weighted by atomic mass is 10.1. The molecular formula is C22H27N3O4S. The van der Waals surface area contributed by atoms with Crippen LogP contribution in [0.4, 0.5) is 0 Å². The van der Waals surface area contributed by atoms with Crippen LogP contribution >= 0.6 is 0 Å². The number of amides is 2. The van der Waals surface area contributed by atoms with Crippen LogP contribution in [0.1, 0.15) is 51.6 Å². The average molecular weight is 430 g/mol. The van der Waals surface area contributed by atoms with Gasteiger partial charge in [-0.3, -0.25) is 9.59 Å². The number of rotatable bonds is 7. The van der Waals surface area contributed by atoms with E-state index >= 15 is 0 Å². The maximum atomic E-state index is 12.6. The molecule has 30 heavy (non-hydrogen) atoms. The lowest BCUT2D eigenvalue weighted by molar-refractivity contribution is 0.0792. The molecule has 0 bridgehead atoms. The van der Waals surface area contributed by atoms with Crippen molar-refractivity contribution in [1.29, 1.82) is 0 Å². The number of aryl methyl sites for hydroxylation is 1. The van der Waals surface area contributed by atoms with Gasteiger partial charge in [-0.2, -0.15) is 0 Å². The van der Waals surface area contributed by atoms with Gasteiger partial charge in [0.25, 0.3) is 11.8 Å². The number of benzene rings is 2. The Bertz CT molecular complexity index is 1030. The Morgan fingerprint density at radius 1 is 1.03 bits per heavy atom. The van der Waals surface area contributed by atoms with E-state index in [0.29, 0.717) is 16.7 Å². The fourth-order valence-electron chi connectivity index (χ4n) is 3.43. The zero-order valence-electron chi connectivity index (χ0n) is 17.3. The molecule has 1 heterocycles. The fourth-order valence-corrected chi connectivity index (χ4v) is 4.50. The molecule has 0 saturated carbocycles. The minimum atomic E-state index is -3.64. The van der Waals surface area contributed by atoms with Crippen LogP contribution in [0.5, 0.6) is 0 Å². The summed E-state index contributed by atoms with van der Waals surface area (Å²) in [6.07, 6.45) is 2.10. The number of nitrogens with one attached hydrogen (secondary N) is 2. The highest BCUT2D eigenvalue weighted by Gasteiger charge is 2.20. The summed E-state index contributed by atoms with van der Waals surface area (Å²) in [5.74, 6) is -0.310. The molecule has 0 atom stereocenters. The zero-order valence-corrected chi connectivity index (χ0v) is 18.1. The van der Waals surface area contributed by atoms with Gasteiger partial charge in [0.2, 0.25) is 10.0 Å². The zero-order chi connectivity index (χ0) is 21.7. The van der Waals surface area contributed by atoms with Crippen molar-refractivity contribution >= 4 is 21.8 Å². The summed E-state index contributed by atoms with van der Waals surface area (Å²) in [5, 5.41) is 2.82. The molecule has 2 aromatic rings. The smallest absolute Gasteiger partial charge is 0.253 e. The minimum absolute atomic E-state index is 0.0393. The first-order chi connectivity index (χ1) is 14.3. The highest BCUT2D eigenvalue weighted by Crippen LogP contribution is 2.17. The van der Waals surface area contributed by atoms with Crippen LogP contribution in [0.15, 0.2) is 47.4 Å². The standard InChI is InChI=1S/C22H27N3O4S/c1-3-24-30(28,29)19-11-6-16(2)20(14-19)21(26)23-15-17-7-9-18(10-8-17)22(27)25-12-4-5-13-25/h6-11,14,24H,3-5,12-13,15H2,1-2H3,(H,23,26). The molecule has 160 valence electrons. The Morgan fingerprint density at radius 3 is 2.33 bits per heavy atom. The van der Waals surface area contributed by atoms with Gasteiger partial charge in [-0.1, -0.05) is 25.1 Å². The Morgan fingerprint density at radius 2 is 1.70 bits per heavy atom. The van der Waals surface area contributed by atoms with E-state index in [1.165, 1.54) is 12.1 Å². The first kappa shape index (κ1) is 22.0. The molecule has 0 aliphatic carbocycles. The van der Waals surface area contributed by atoms with Crippen molar-refractivity contribution in [1.82, 2.24) is 14.9 Å². The SMILES string of the molecule is CCNS(=O)(=O)c1ccc(C)c(C(=O)NCc2ccc(C(=O)N3CCCC3)cc2)c1. The molecular weight excluding hydrogens is 402 g/mol. The molecule has 8 heteroatoms. The molecule has 0 aromatic heterocycles. The second-order valence-corrected chi connectivity index (χ2v) is 9.12. The summed E-state index contributed by atoms with van der Waals surface area (Å²) in [6, 6.07) is 11.7. The van der Waals surface area contributed by atoms with E-state index in [9.17, 15) is 18.0 Å². The number of carbonyl (C=O) groups is 2. The van der Waals surface area contributed by atoms with Gasteiger partial charge in [0.15, 0.2) is 0 Å². The van der Waals surface area contributed by atoms with Crippen LogP contribution < -0.4 is 10.0 Å². The Kier molecular flexibility index (Phi) is 6.89. The summed E-state index contributed by atoms with van der Waals surface area (Å²) in [4.78, 5) is 27.0. The van der Waals surface area contributed by atoms with E-state index in [-0.39, 0.29) is 29.8 Å². The van der Waals surface area contributed by atoms with Crippen LogP contribution in [-0.4, -0.2) is 44.8 Å². The van der Waals surface area contributed by atoms with Gasteiger partial charge in [0.1, 0.15) is 0 Å². The van der Waals surface area contributed by atoms with Gasteiger partial charge < -0.3 is 10.2 Å². The first-order valence-corrected chi connectivity index (χ1v) is 11.6.